The number of amides is 2. The smallest absolute Gasteiger partial charge is 0.272 e. The zero-order chi connectivity index (χ0) is 31.4. The van der Waals surface area contributed by atoms with Crippen LogP contribution >= 0.6 is 0 Å². The summed E-state index contributed by atoms with van der Waals surface area (Å²) < 4.78 is 7.82. The molecule has 0 radical (unpaired) electrons. The van der Waals surface area contributed by atoms with Crippen molar-refractivity contribution in [2.45, 2.75) is 47.1 Å². The van der Waals surface area contributed by atoms with Gasteiger partial charge >= 0.3 is 0 Å². The van der Waals surface area contributed by atoms with Crippen LogP contribution in [0.25, 0.3) is 23.0 Å². The van der Waals surface area contributed by atoms with Crippen LogP contribution in [0.5, 0.6) is 5.75 Å². The maximum Gasteiger partial charge on any atom is 0.272 e. The lowest BCUT2D eigenvalue weighted by atomic mass is 9.91. The first-order valence-corrected chi connectivity index (χ1v) is 14.8. The van der Waals surface area contributed by atoms with Crippen molar-refractivity contribution in [3.8, 4) is 28.8 Å². The van der Waals surface area contributed by atoms with Crippen LogP contribution in [0.2, 0.25) is 0 Å². The number of nitrogens with zero attached hydrogens (tertiary/aromatic N) is 4. The van der Waals surface area contributed by atoms with E-state index in [4.69, 9.17) is 9.84 Å². The van der Waals surface area contributed by atoms with Gasteiger partial charge < -0.3 is 4.74 Å². The van der Waals surface area contributed by atoms with Gasteiger partial charge in [0.1, 0.15) is 17.4 Å². The van der Waals surface area contributed by atoms with E-state index >= 15 is 0 Å². The maximum atomic E-state index is 14.0. The average Bonchev–Trinajstić information content (AvgIpc) is 3.45. The molecule has 0 bridgehead atoms. The van der Waals surface area contributed by atoms with E-state index in [1.54, 1.807) is 24.6 Å². The Labute approximate surface area is 258 Å². The van der Waals surface area contributed by atoms with E-state index in [-0.39, 0.29) is 11.1 Å². The molecule has 1 aliphatic rings. The van der Waals surface area contributed by atoms with E-state index in [9.17, 15) is 14.9 Å². The number of rotatable bonds is 9. The number of carbonyl (C=O) groups excluding carboxylic acids is 2. The van der Waals surface area contributed by atoms with Crippen LogP contribution < -0.4 is 4.74 Å². The van der Waals surface area contributed by atoms with Gasteiger partial charge in [-0.25, -0.2) is 4.68 Å². The minimum absolute atomic E-state index is 0.0469. The van der Waals surface area contributed by atoms with E-state index in [1.807, 2.05) is 92.0 Å². The lowest BCUT2D eigenvalue weighted by Crippen LogP contribution is -2.44. The second-order valence-corrected chi connectivity index (χ2v) is 11.5. The first kappa shape index (κ1) is 30.2. The Hall–Kier alpha value is -5.22. The normalized spacial score (nSPS) is 15.2. The van der Waals surface area contributed by atoms with Crippen LogP contribution in [-0.2, 0) is 9.59 Å². The Morgan fingerprint density at radius 3 is 2.25 bits per heavy atom. The zero-order valence-electron chi connectivity index (χ0n) is 25.7. The van der Waals surface area contributed by atoms with Gasteiger partial charge in [0, 0.05) is 22.9 Å². The molecular formula is C37H36N4O3. The van der Waals surface area contributed by atoms with Gasteiger partial charge in [-0.2, -0.15) is 10.4 Å². The number of aryl methyl sites for hydroxylation is 1. The fourth-order valence-corrected chi connectivity index (χ4v) is 5.28. The van der Waals surface area contributed by atoms with Crippen LogP contribution in [0.15, 0.2) is 102 Å². The van der Waals surface area contributed by atoms with Crippen molar-refractivity contribution >= 4 is 17.9 Å². The quantitative estimate of drug-likeness (QED) is 0.149. The molecule has 1 atom stereocenters. The SMILES string of the molecule is CC1=C(C#N)C(=O)N(C(C)c2ccccc2)C(=O)/C1=C/c1cn(-c2ccccc2)nc1-c1ccc(OCCC(C)C)c(C)c1. The topological polar surface area (TPSA) is 88.2 Å². The average molecular weight is 585 g/mol. The van der Waals surface area contributed by atoms with Crippen LogP contribution in [0, 0.1) is 24.2 Å². The summed E-state index contributed by atoms with van der Waals surface area (Å²) in [6.07, 6.45) is 4.58. The molecule has 0 saturated heterocycles. The summed E-state index contributed by atoms with van der Waals surface area (Å²) in [6.45, 7) is 10.4. The maximum absolute atomic E-state index is 14.0. The molecule has 1 aromatic heterocycles. The molecule has 2 heterocycles. The van der Waals surface area contributed by atoms with E-state index < -0.39 is 17.9 Å². The number of imide groups is 1. The largest absolute Gasteiger partial charge is 0.493 e. The molecule has 2 amide bonds. The molecule has 222 valence electrons. The van der Waals surface area contributed by atoms with Gasteiger partial charge in [0.25, 0.3) is 11.8 Å². The van der Waals surface area contributed by atoms with Crippen molar-refractivity contribution in [2.24, 2.45) is 5.92 Å². The van der Waals surface area contributed by atoms with E-state index in [0.717, 1.165) is 34.5 Å². The second kappa shape index (κ2) is 13.0. The van der Waals surface area contributed by atoms with E-state index in [1.165, 1.54) is 4.90 Å². The lowest BCUT2D eigenvalue weighted by Gasteiger charge is -2.32. The fraction of sp³-hybridized carbons (Fsp3) is 0.243. The molecule has 5 rings (SSSR count). The molecule has 44 heavy (non-hydrogen) atoms. The molecule has 0 N–H and O–H groups in total. The third-order valence-electron chi connectivity index (χ3n) is 7.91. The second-order valence-electron chi connectivity index (χ2n) is 11.5. The van der Waals surface area contributed by atoms with Gasteiger partial charge in [-0.3, -0.25) is 14.5 Å². The number of aromatic nitrogens is 2. The summed E-state index contributed by atoms with van der Waals surface area (Å²) in [7, 11) is 0. The Morgan fingerprint density at radius 2 is 1.61 bits per heavy atom. The highest BCUT2D eigenvalue weighted by Gasteiger charge is 2.39. The molecule has 0 aliphatic carbocycles. The molecular weight excluding hydrogens is 548 g/mol. The van der Waals surface area contributed by atoms with Crippen molar-refractivity contribution < 1.29 is 14.3 Å². The molecule has 7 nitrogen and oxygen atoms in total. The molecule has 0 spiro atoms. The molecule has 1 aliphatic heterocycles. The fourth-order valence-electron chi connectivity index (χ4n) is 5.28. The van der Waals surface area contributed by atoms with Gasteiger partial charge in [-0.05, 0) is 86.2 Å². The number of para-hydroxylation sites is 1. The van der Waals surface area contributed by atoms with Gasteiger partial charge in [0.15, 0.2) is 0 Å². The predicted octanol–water partition coefficient (Wildman–Crippen LogP) is 7.63. The first-order chi connectivity index (χ1) is 21.2. The molecule has 0 saturated carbocycles. The van der Waals surface area contributed by atoms with Crippen LogP contribution in [0.3, 0.4) is 0 Å². The van der Waals surface area contributed by atoms with E-state index in [2.05, 4.69) is 19.9 Å². The summed E-state index contributed by atoms with van der Waals surface area (Å²) in [5.74, 6) is 0.329. The summed E-state index contributed by atoms with van der Waals surface area (Å²) in [5, 5.41) is 14.9. The highest BCUT2D eigenvalue weighted by Crippen LogP contribution is 2.35. The summed E-state index contributed by atoms with van der Waals surface area (Å²) in [4.78, 5) is 28.6. The number of hydrogen-bond donors (Lipinski definition) is 0. The number of nitriles is 1. The minimum atomic E-state index is -0.590. The van der Waals surface area contributed by atoms with E-state index in [0.29, 0.717) is 29.4 Å². The summed E-state index contributed by atoms with van der Waals surface area (Å²) in [6, 6.07) is 26.5. The van der Waals surface area contributed by atoms with Gasteiger partial charge in [0.2, 0.25) is 0 Å². The van der Waals surface area contributed by atoms with Crippen LogP contribution in [0.1, 0.15) is 56.8 Å². The Morgan fingerprint density at radius 1 is 0.932 bits per heavy atom. The number of hydrogen-bond acceptors (Lipinski definition) is 5. The monoisotopic (exact) mass is 584 g/mol. The Kier molecular flexibility index (Phi) is 8.91. The molecule has 7 heteroatoms. The molecule has 1 unspecified atom stereocenters. The number of ether oxygens (including phenoxy) is 1. The van der Waals surface area contributed by atoms with Crippen molar-refractivity contribution in [2.75, 3.05) is 6.61 Å². The van der Waals surface area contributed by atoms with Crippen molar-refractivity contribution in [3.63, 3.8) is 0 Å². The standard InChI is InChI=1S/C37H36N4O3/c1-24(2)18-19-44-34-17-16-29(20-25(34)3)35-30(23-40(39-35)31-14-10-7-11-15-31)21-32-26(4)33(22-38)37(43)41(36(32)42)27(5)28-12-8-6-9-13-28/h6-17,20-21,23-24,27H,18-19H2,1-5H3/b32-21+. The highest BCUT2D eigenvalue weighted by molar-refractivity contribution is 6.20. The van der Waals surface area contributed by atoms with Gasteiger partial charge in [-0.1, -0.05) is 62.4 Å². The van der Waals surface area contributed by atoms with Crippen molar-refractivity contribution in [3.05, 3.63) is 118 Å². The third kappa shape index (κ3) is 6.11. The van der Waals surface area contributed by atoms with Crippen LogP contribution in [-0.4, -0.2) is 33.1 Å². The summed E-state index contributed by atoms with van der Waals surface area (Å²) in [5.41, 5.74) is 5.42. The Bertz CT molecular complexity index is 1790. The summed E-state index contributed by atoms with van der Waals surface area (Å²) >= 11 is 0. The first-order valence-electron chi connectivity index (χ1n) is 14.8. The number of benzene rings is 3. The predicted molar refractivity (Wildman–Crippen MR) is 172 cm³/mol. The number of carbonyl (C=O) groups is 2. The molecule has 0 fully saturated rings. The lowest BCUT2D eigenvalue weighted by molar-refractivity contribution is -0.143. The van der Waals surface area contributed by atoms with Gasteiger partial charge in [-0.15, -0.1) is 0 Å². The van der Waals surface area contributed by atoms with Crippen molar-refractivity contribution in [1.82, 2.24) is 14.7 Å². The minimum Gasteiger partial charge on any atom is -0.493 e. The molecule has 4 aromatic rings. The molecule has 3 aromatic carbocycles. The Balaban J connectivity index is 1.62. The van der Waals surface area contributed by atoms with Gasteiger partial charge in [0.05, 0.1) is 24.0 Å². The highest BCUT2D eigenvalue weighted by atomic mass is 16.5. The van der Waals surface area contributed by atoms with Crippen LogP contribution in [0.4, 0.5) is 0 Å². The van der Waals surface area contributed by atoms with Crippen molar-refractivity contribution in [1.29, 1.82) is 5.26 Å². The zero-order valence-corrected chi connectivity index (χ0v) is 25.7. The third-order valence-corrected chi connectivity index (χ3v) is 7.91.